The molecule has 3 rings (SSSR count). The van der Waals surface area contributed by atoms with Gasteiger partial charge in [0, 0.05) is 44.8 Å². The van der Waals surface area contributed by atoms with Crippen molar-refractivity contribution >= 4 is 27.7 Å². The highest BCUT2D eigenvalue weighted by atomic mass is 79.9. The van der Waals surface area contributed by atoms with E-state index in [9.17, 15) is 14.0 Å². The van der Waals surface area contributed by atoms with E-state index in [2.05, 4.69) is 21.2 Å². The van der Waals surface area contributed by atoms with E-state index < -0.39 is 5.82 Å². The third-order valence-corrected chi connectivity index (χ3v) is 5.30. The molecular formula is C17H21BrFN3O2. The lowest BCUT2D eigenvalue weighted by molar-refractivity contribution is -0.137. The largest absolute Gasteiger partial charge is 0.340 e. The predicted molar refractivity (Wildman–Crippen MR) is 92.2 cm³/mol. The zero-order valence-corrected chi connectivity index (χ0v) is 15.0. The van der Waals surface area contributed by atoms with Gasteiger partial charge in [0.1, 0.15) is 5.82 Å². The number of benzene rings is 1. The van der Waals surface area contributed by atoms with Crippen LogP contribution >= 0.6 is 15.9 Å². The number of amides is 2. The summed E-state index contributed by atoms with van der Waals surface area (Å²) in [5.74, 6) is -0.678. The molecule has 0 aliphatic carbocycles. The lowest BCUT2D eigenvalue weighted by Gasteiger charge is -2.36. The van der Waals surface area contributed by atoms with Crippen LogP contribution in [0.25, 0.3) is 0 Å². The number of hydrogen-bond acceptors (Lipinski definition) is 3. The Hall–Kier alpha value is -1.47. The summed E-state index contributed by atoms with van der Waals surface area (Å²) < 4.78 is 14.0. The summed E-state index contributed by atoms with van der Waals surface area (Å²) in [5, 5.41) is 3.23. The van der Waals surface area contributed by atoms with Crippen molar-refractivity contribution in [2.75, 3.05) is 39.3 Å². The highest BCUT2D eigenvalue weighted by Gasteiger charge is 2.32. The number of halogens is 2. The Morgan fingerprint density at radius 1 is 1.17 bits per heavy atom. The number of carbonyl (C=O) groups excluding carboxylic acids is 2. The minimum absolute atomic E-state index is 0.135. The van der Waals surface area contributed by atoms with E-state index in [1.54, 1.807) is 11.0 Å². The fourth-order valence-corrected chi connectivity index (χ4v) is 3.56. The minimum atomic E-state index is -0.452. The molecule has 1 atom stereocenters. The van der Waals surface area contributed by atoms with Gasteiger partial charge in [-0.25, -0.2) is 4.39 Å². The molecular weight excluding hydrogens is 377 g/mol. The molecule has 7 heteroatoms. The van der Waals surface area contributed by atoms with Gasteiger partial charge in [0.2, 0.25) is 5.91 Å². The molecule has 130 valence electrons. The molecule has 1 aromatic rings. The smallest absolute Gasteiger partial charge is 0.253 e. The van der Waals surface area contributed by atoms with E-state index in [-0.39, 0.29) is 17.7 Å². The van der Waals surface area contributed by atoms with Gasteiger partial charge in [-0.3, -0.25) is 9.59 Å². The van der Waals surface area contributed by atoms with Crippen LogP contribution in [0.2, 0.25) is 0 Å². The Balaban J connectivity index is 1.67. The van der Waals surface area contributed by atoms with Gasteiger partial charge < -0.3 is 15.1 Å². The number of hydrogen-bond donors (Lipinski definition) is 1. The van der Waals surface area contributed by atoms with Crippen molar-refractivity contribution in [3.05, 3.63) is 34.1 Å². The van der Waals surface area contributed by atoms with Gasteiger partial charge >= 0.3 is 0 Å². The molecule has 5 nitrogen and oxygen atoms in total. The van der Waals surface area contributed by atoms with Gasteiger partial charge in [-0.15, -0.1) is 0 Å². The average Bonchev–Trinajstić information content (AvgIpc) is 2.63. The molecule has 1 unspecified atom stereocenters. The number of piperidine rings is 1. The molecule has 0 aromatic heterocycles. The molecule has 0 saturated carbocycles. The number of piperazine rings is 1. The van der Waals surface area contributed by atoms with Crippen LogP contribution in [-0.4, -0.2) is 60.9 Å². The van der Waals surface area contributed by atoms with Crippen molar-refractivity contribution in [3.8, 4) is 0 Å². The molecule has 2 aliphatic rings. The summed E-state index contributed by atoms with van der Waals surface area (Å²) in [6.45, 7) is 4.11. The van der Waals surface area contributed by atoms with Crippen LogP contribution in [-0.2, 0) is 4.79 Å². The van der Waals surface area contributed by atoms with E-state index in [0.29, 0.717) is 23.1 Å². The second kappa shape index (κ2) is 7.61. The van der Waals surface area contributed by atoms with Gasteiger partial charge in [0.05, 0.1) is 10.4 Å². The summed E-state index contributed by atoms with van der Waals surface area (Å²) in [6.07, 6.45) is 1.61. The van der Waals surface area contributed by atoms with Crippen molar-refractivity contribution in [1.29, 1.82) is 0 Å². The van der Waals surface area contributed by atoms with Crippen molar-refractivity contribution in [2.24, 2.45) is 5.92 Å². The highest BCUT2D eigenvalue weighted by molar-refractivity contribution is 9.10. The Morgan fingerprint density at radius 2 is 1.92 bits per heavy atom. The molecule has 2 heterocycles. The number of nitrogens with zero attached hydrogens (tertiary/aromatic N) is 2. The fraction of sp³-hybridized carbons (Fsp3) is 0.529. The first-order chi connectivity index (χ1) is 11.6. The first kappa shape index (κ1) is 17.4. The van der Waals surface area contributed by atoms with Crippen LogP contribution in [0.15, 0.2) is 22.7 Å². The molecule has 2 fully saturated rings. The minimum Gasteiger partial charge on any atom is -0.340 e. The van der Waals surface area contributed by atoms with Crippen LogP contribution < -0.4 is 5.32 Å². The standard InChI is InChI=1S/C17H21BrFN3O2/c18-14-4-3-12(10-15(14)19)16(23)22-7-1-2-13(11-22)17(24)21-8-5-20-6-9-21/h3-4,10,13,20H,1-2,5-9,11H2. The summed E-state index contributed by atoms with van der Waals surface area (Å²) in [4.78, 5) is 28.8. The van der Waals surface area contributed by atoms with E-state index in [1.165, 1.54) is 12.1 Å². The van der Waals surface area contributed by atoms with Crippen LogP contribution in [0.3, 0.4) is 0 Å². The van der Waals surface area contributed by atoms with Crippen molar-refractivity contribution in [2.45, 2.75) is 12.8 Å². The Kier molecular flexibility index (Phi) is 5.50. The van der Waals surface area contributed by atoms with E-state index in [0.717, 1.165) is 39.0 Å². The van der Waals surface area contributed by atoms with Gasteiger partial charge in [0.15, 0.2) is 0 Å². The Bertz CT molecular complexity index is 634. The van der Waals surface area contributed by atoms with Crippen LogP contribution in [0.1, 0.15) is 23.2 Å². The third kappa shape index (κ3) is 3.78. The monoisotopic (exact) mass is 397 g/mol. The molecule has 1 N–H and O–H groups in total. The number of likely N-dealkylation sites (tertiary alicyclic amines) is 1. The van der Waals surface area contributed by atoms with Gasteiger partial charge in [0.25, 0.3) is 5.91 Å². The van der Waals surface area contributed by atoms with Crippen LogP contribution in [0.4, 0.5) is 4.39 Å². The summed E-state index contributed by atoms with van der Waals surface area (Å²) in [6, 6.07) is 4.39. The molecule has 2 amide bonds. The average molecular weight is 398 g/mol. The van der Waals surface area contributed by atoms with Crippen LogP contribution in [0.5, 0.6) is 0 Å². The predicted octanol–water partition coefficient (Wildman–Crippen LogP) is 1.87. The van der Waals surface area contributed by atoms with Crippen LogP contribution in [0, 0.1) is 11.7 Å². The summed E-state index contributed by atoms with van der Waals surface area (Å²) in [5.41, 5.74) is 0.325. The molecule has 24 heavy (non-hydrogen) atoms. The summed E-state index contributed by atoms with van der Waals surface area (Å²) >= 11 is 3.09. The molecule has 0 spiro atoms. The Labute approximate surface area is 149 Å². The summed E-state index contributed by atoms with van der Waals surface area (Å²) in [7, 11) is 0. The highest BCUT2D eigenvalue weighted by Crippen LogP contribution is 2.23. The first-order valence-corrected chi connectivity index (χ1v) is 9.09. The number of nitrogens with one attached hydrogen (secondary N) is 1. The maximum Gasteiger partial charge on any atom is 0.253 e. The third-order valence-electron chi connectivity index (χ3n) is 4.65. The second-order valence-corrected chi connectivity index (χ2v) is 7.15. The van der Waals surface area contributed by atoms with Gasteiger partial charge in [-0.1, -0.05) is 0 Å². The molecule has 0 radical (unpaired) electrons. The maximum absolute atomic E-state index is 13.7. The van der Waals surface area contributed by atoms with Gasteiger partial charge in [-0.2, -0.15) is 0 Å². The van der Waals surface area contributed by atoms with Gasteiger partial charge in [-0.05, 0) is 47.0 Å². The molecule has 1 aromatic carbocycles. The topological polar surface area (TPSA) is 52.7 Å². The van der Waals surface area contributed by atoms with E-state index in [4.69, 9.17) is 0 Å². The van der Waals surface area contributed by atoms with Crippen molar-refractivity contribution < 1.29 is 14.0 Å². The fourth-order valence-electron chi connectivity index (χ4n) is 3.32. The van der Waals surface area contributed by atoms with E-state index in [1.807, 2.05) is 4.90 Å². The zero-order chi connectivity index (χ0) is 17.1. The second-order valence-electron chi connectivity index (χ2n) is 6.29. The maximum atomic E-state index is 13.7. The van der Waals surface area contributed by atoms with Crippen molar-refractivity contribution in [3.63, 3.8) is 0 Å². The molecule has 2 aliphatic heterocycles. The van der Waals surface area contributed by atoms with E-state index >= 15 is 0 Å². The quantitative estimate of drug-likeness (QED) is 0.828. The lowest BCUT2D eigenvalue weighted by atomic mass is 9.95. The van der Waals surface area contributed by atoms with Crippen molar-refractivity contribution in [1.82, 2.24) is 15.1 Å². The zero-order valence-electron chi connectivity index (χ0n) is 13.4. The lowest BCUT2D eigenvalue weighted by Crippen LogP contribution is -2.52. The molecule has 0 bridgehead atoms. The first-order valence-electron chi connectivity index (χ1n) is 8.30. The number of rotatable bonds is 2. The normalized spacial score (nSPS) is 21.7. The molecule has 2 saturated heterocycles. The Morgan fingerprint density at radius 3 is 2.62 bits per heavy atom. The SMILES string of the molecule is O=C(c1ccc(Br)c(F)c1)N1CCCC(C(=O)N2CCNCC2)C1. The number of carbonyl (C=O) groups is 2.